The van der Waals surface area contributed by atoms with E-state index in [1.165, 1.54) is 57.5 Å². The first-order valence-electron chi connectivity index (χ1n) is 8.41. The Morgan fingerprint density at radius 1 is 0.818 bits per heavy atom. The highest BCUT2D eigenvalue weighted by Crippen LogP contribution is 2.38. The topological polar surface area (TPSA) is 0 Å². The summed E-state index contributed by atoms with van der Waals surface area (Å²) in [7, 11) is 0. The molecular weight excluding hydrogens is 304 g/mol. The van der Waals surface area contributed by atoms with Gasteiger partial charge in [0.05, 0.1) is 0 Å². The lowest BCUT2D eigenvalue weighted by Gasteiger charge is -1.99. The average Bonchev–Trinajstić information content (AvgIpc) is 3.10. The maximum atomic E-state index is 2.42. The highest BCUT2D eigenvalue weighted by atomic mass is 32.1. The fraction of sp³-hybridized carbons (Fsp3) is 0.400. The number of benzene rings is 1. The van der Waals surface area contributed by atoms with Gasteiger partial charge in [0.1, 0.15) is 0 Å². The Kier molecular flexibility index (Phi) is 5.32. The van der Waals surface area contributed by atoms with E-state index in [0.717, 1.165) is 6.42 Å². The van der Waals surface area contributed by atoms with Crippen molar-refractivity contribution in [3.63, 3.8) is 0 Å². The predicted octanol–water partition coefficient (Wildman–Crippen LogP) is 7.32. The molecule has 116 valence electrons. The van der Waals surface area contributed by atoms with Crippen molar-refractivity contribution in [3.8, 4) is 10.4 Å². The Hall–Kier alpha value is -1.12. The zero-order chi connectivity index (χ0) is 15.4. The van der Waals surface area contributed by atoms with Crippen LogP contribution in [0.15, 0.2) is 36.4 Å². The van der Waals surface area contributed by atoms with E-state index in [-0.39, 0.29) is 0 Å². The second kappa shape index (κ2) is 7.43. The van der Waals surface area contributed by atoms with Crippen LogP contribution in [0.25, 0.3) is 19.8 Å². The summed E-state index contributed by atoms with van der Waals surface area (Å²) >= 11 is 3.93. The normalized spacial score (nSPS) is 11.4. The van der Waals surface area contributed by atoms with Gasteiger partial charge in [-0.2, -0.15) is 0 Å². The van der Waals surface area contributed by atoms with Crippen molar-refractivity contribution in [2.24, 2.45) is 0 Å². The Labute approximate surface area is 141 Å². The maximum absolute atomic E-state index is 2.42. The first-order valence-corrected chi connectivity index (χ1v) is 10.0. The Morgan fingerprint density at radius 2 is 1.59 bits per heavy atom. The van der Waals surface area contributed by atoms with E-state index in [2.05, 4.69) is 50.2 Å². The zero-order valence-corrected chi connectivity index (χ0v) is 15.2. The van der Waals surface area contributed by atoms with Gasteiger partial charge in [-0.3, -0.25) is 0 Å². The summed E-state index contributed by atoms with van der Waals surface area (Å²) in [6.07, 6.45) is 7.77. The van der Waals surface area contributed by atoms with Crippen molar-refractivity contribution < 1.29 is 0 Å². The van der Waals surface area contributed by atoms with Gasteiger partial charge >= 0.3 is 0 Å². The number of thiophene rings is 2. The first kappa shape index (κ1) is 15.8. The van der Waals surface area contributed by atoms with Crippen molar-refractivity contribution in [1.29, 1.82) is 0 Å². The predicted molar refractivity (Wildman–Crippen MR) is 102 cm³/mol. The van der Waals surface area contributed by atoms with E-state index in [9.17, 15) is 0 Å². The van der Waals surface area contributed by atoms with Gasteiger partial charge in [0, 0.05) is 19.2 Å². The van der Waals surface area contributed by atoms with Gasteiger partial charge in [0.25, 0.3) is 0 Å². The molecule has 0 aliphatic heterocycles. The number of rotatable bonds is 7. The van der Waals surface area contributed by atoms with Gasteiger partial charge in [0.2, 0.25) is 0 Å². The van der Waals surface area contributed by atoms with Crippen LogP contribution >= 0.6 is 22.7 Å². The molecule has 2 heterocycles. The number of hydrogen-bond donors (Lipinski definition) is 0. The third-order valence-electron chi connectivity index (χ3n) is 4.18. The lowest BCUT2D eigenvalue weighted by molar-refractivity contribution is 0.670. The van der Waals surface area contributed by atoms with Crippen LogP contribution in [0.3, 0.4) is 0 Å². The minimum Gasteiger partial charge on any atom is -0.139 e. The maximum Gasteiger partial charge on any atom is 0.0460 e. The molecule has 0 saturated heterocycles. The molecule has 3 rings (SSSR count). The molecule has 0 amide bonds. The molecule has 0 radical (unpaired) electrons. The van der Waals surface area contributed by atoms with Gasteiger partial charge in [-0.15, -0.1) is 22.7 Å². The molecule has 0 atom stereocenters. The molecule has 0 bridgehead atoms. The monoisotopic (exact) mass is 328 g/mol. The van der Waals surface area contributed by atoms with Gasteiger partial charge in [-0.25, -0.2) is 0 Å². The van der Waals surface area contributed by atoms with Crippen LogP contribution in [0.4, 0.5) is 0 Å². The van der Waals surface area contributed by atoms with Crippen molar-refractivity contribution in [3.05, 3.63) is 46.8 Å². The SMILES string of the molecule is CCCCCCc1cc2sc(-c3ccc(CC)cc3)cc2s1. The zero-order valence-electron chi connectivity index (χ0n) is 13.5. The number of hydrogen-bond acceptors (Lipinski definition) is 2. The van der Waals surface area contributed by atoms with Crippen molar-refractivity contribution in [2.75, 3.05) is 0 Å². The fourth-order valence-corrected chi connectivity index (χ4v) is 5.25. The molecule has 1 aromatic carbocycles. The summed E-state index contributed by atoms with van der Waals surface area (Å²) < 4.78 is 2.93. The summed E-state index contributed by atoms with van der Waals surface area (Å²) in [4.78, 5) is 2.96. The fourth-order valence-electron chi connectivity index (χ4n) is 2.78. The largest absolute Gasteiger partial charge is 0.139 e. The third kappa shape index (κ3) is 3.61. The van der Waals surface area contributed by atoms with Crippen LogP contribution in [0.1, 0.15) is 50.0 Å². The third-order valence-corrected chi connectivity index (χ3v) is 6.58. The van der Waals surface area contributed by atoms with E-state index in [0.29, 0.717) is 0 Å². The van der Waals surface area contributed by atoms with E-state index in [1.54, 1.807) is 4.88 Å². The highest BCUT2D eigenvalue weighted by Gasteiger charge is 2.08. The second-order valence-corrected chi connectivity index (χ2v) is 8.17. The summed E-state index contributed by atoms with van der Waals surface area (Å²) in [5, 5.41) is 0. The molecule has 0 saturated carbocycles. The van der Waals surface area contributed by atoms with Crippen LogP contribution in [-0.4, -0.2) is 0 Å². The standard InChI is InChI=1S/C20H24S2/c1-3-5-6-7-8-17-13-19-20(21-17)14-18(22-19)16-11-9-15(4-2)10-12-16/h9-14H,3-8H2,1-2H3. The number of aryl methyl sites for hydroxylation is 2. The van der Waals surface area contributed by atoms with Gasteiger partial charge in [-0.05, 0) is 42.5 Å². The second-order valence-electron chi connectivity index (χ2n) is 5.91. The molecule has 0 unspecified atom stereocenters. The lowest BCUT2D eigenvalue weighted by atomic mass is 10.1. The summed E-state index contributed by atoms with van der Waals surface area (Å²) in [5.41, 5.74) is 2.77. The molecule has 2 aromatic heterocycles. The molecule has 3 aromatic rings. The molecule has 2 heteroatoms. The van der Waals surface area contributed by atoms with Crippen LogP contribution in [0.2, 0.25) is 0 Å². The summed E-state index contributed by atoms with van der Waals surface area (Å²) in [6.45, 7) is 4.48. The van der Waals surface area contributed by atoms with E-state index >= 15 is 0 Å². The molecule has 0 nitrogen and oxygen atoms in total. The van der Waals surface area contributed by atoms with Crippen LogP contribution in [-0.2, 0) is 12.8 Å². The first-order chi connectivity index (χ1) is 10.8. The van der Waals surface area contributed by atoms with E-state index < -0.39 is 0 Å². The van der Waals surface area contributed by atoms with Crippen molar-refractivity contribution in [2.45, 2.75) is 52.4 Å². The van der Waals surface area contributed by atoms with Crippen LogP contribution < -0.4 is 0 Å². The van der Waals surface area contributed by atoms with Gasteiger partial charge < -0.3 is 0 Å². The molecule has 0 aliphatic carbocycles. The van der Waals surface area contributed by atoms with Crippen molar-refractivity contribution in [1.82, 2.24) is 0 Å². The molecule has 22 heavy (non-hydrogen) atoms. The molecule has 0 spiro atoms. The smallest absolute Gasteiger partial charge is 0.0460 e. The quantitative estimate of drug-likeness (QED) is 0.399. The Bertz CT molecular complexity index is 684. The average molecular weight is 329 g/mol. The number of fused-ring (bicyclic) bond motifs is 1. The van der Waals surface area contributed by atoms with E-state index in [1.807, 2.05) is 22.7 Å². The lowest BCUT2D eigenvalue weighted by Crippen LogP contribution is -1.80. The molecular formula is C20H24S2. The van der Waals surface area contributed by atoms with Crippen molar-refractivity contribution >= 4 is 32.1 Å². The van der Waals surface area contributed by atoms with E-state index in [4.69, 9.17) is 0 Å². The summed E-state index contributed by atoms with van der Waals surface area (Å²) in [6, 6.07) is 13.8. The van der Waals surface area contributed by atoms with Crippen LogP contribution in [0.5, 0.6) is 0 Å². The van der Waals surface area contributed by atoms with Crippen LogP contribution in [0, 0.1) is 0 Å². The Morgan fingerprint density at radius 3 is 2.27 bits per heavy atom. The Balaban J connectivity index is 1.72. The highest BCUT2D eigenvalue weighted by molar-refractivity contribution is 7.29. The minimum absolute atomic E-state index is 1.11. The molecule has 0 aliphatic rings. The summed E-state index contributed by atoms with van der Waals surface area (Å²) in [5.74, 6) is 0. The van der Waals surface area contributed by atoms with Gasteiger partial charge in [-0.1, -0.05) is 57.4 Å². The van der Waals surface area contributed by atoms with Gasteiger partial charge in [0.15, 0.2) is 0 Å². The number of unbranched alkanes of at least 4 members (excludes halogenated alkanes) is 3. The minimum atomic E-state index is 1.11. The molecule has 0 N–H and O–H groups in total. The molecule has 0 fully saturated rings.